The summed E-state index contributed by atoms with van der Waals surface area (Å²) in [4.78, 5) is 13.2. The molecule has 19 nitrogen and oxygen atoms in total. The molecule has 17 atom stereocenters. The van der Waals surface area contributed by atoms with Gasteiger partial charge in [-0.25, -0.2) is 0 Å². The van der Waals surface area contributed by atoms with Crippen molar-refractivity contribution >= 4 is 5.91 Å². The first-order valence-corrected chi connectivity index (χ1v) is 26.6. The maximum Gasteiger partial charge on any atom is 0.220 e. The van der Waals surface area contributed by atoms with Gasteiger partial charge >= 0.3 is 0 Å². The van der Waals surface area contributed by atoms with Gasteiger partial charge in [-0.1, -0.05) is 141 Å². The predicted molar refractivity (Wildman–Crippen MR) is 259 cm³/mol. The van der Waals surface area contributed by atoms with Gasteiger partial charge in [-0.3, -0.25) is 4.79 Å². The first-order chi connectivity index (χ1) is 33.8. The van der Waals surface area contributed by atoms with E-state index >= 15 is 0 Å². The van der Waals surface area contributed by atoms with Crippen LogP contribution in [-0.2, 0) is 33.2 Å². The lowest BCUT2D eigenvalue weighted by atomic mass is 9.96. The zero-order valence-corrected chi connectivity index (χ0v) is 42.0. The molecule has 3 aliphatic heterocycles. The van der Waals surface area contributed by atoms with E-state index in [1.807, 2.05) is 0 Å². The molecule has 0 radical (unpaired) electrons. The van der Waals surface area contributed by atoms with Crippen molar-refractivity contribution < 1.29 is 89.4 Å². The van der Waals surface area contributed by atoms with Gasteiger partial charge in [-0.05, 0) is 38.5 Å². The van der Waals surface area contributed by atoms with E-state index in [-0.39, 0.29) is 18.9 Å². The molecule has 0 spiro atoms. The molecule has 3 rings (SSSR count). The first-order valence-electron chi connectivity index (χ1n) is 26.6. The fourth-order valence-corrected chi connectivity index (χ4v) is 9.03. The molecule has 12 N–H and O–H groups in total. The Balaban J connectivity index is 1.55. The van der Waals surface area contributed by atoms with Crippen LogP contribution in [0.2, 0.25) is 0 Å². The Morgan fingerprint density at radius 3 is 1.50 bits per heavy atom. The molecule has 3 fully saturated rings. The smallest absolute Gasteiger partial charge is 0.220 e. The molecule has 70 heavy (non-hydrogen) atoms. The zero-order valence-electron chi connectivity index (χ0n) is 42.0. The third kappa shape index (κ3) is 21.6. The molecule has 19 heteroatoms. The van der Waals surface area contributed by atoms with Gasteiger partial charge in [0.25, 0.3) is 0 Å². The minimum atomic E-state index is -1.97. The van der Waals surface area contributed by atoms with E-state index in [9.17, 15) is 61.0 Å². The highest BCUT2D eigenvalue weighted by molar-refractivity contribution is 5.76. The Bertz CT molecular complexity index is 1390. The second-order valence-corrected chi connectivity index (χ2v) is 19.3. The van der Waals surface area contributed by atoms with Crippen molar-refractivity contribution in [1.82, 2.24) is 5.32 Å². The second kappa shape index (κ2) is 36.3. The number of rotatable bonds is 37. The molecular weight excluding hydrogens is 915 g/mol. The predicted octanol–water partition coefficient (Wildman–Crippen LogP) is 2.42. The first kappa shape index (κ1) is 62.6. The minimum Gasteiger partial charge on any atom is -0.394 e. The molecule has 0 aromatic carbocycles. The SMILES string of the molecule is CCCC/C=C\C/C=C\CCCCCCCC(=O)NC(COC1OC(CO)C(OC2OC(CO)C(OC3OC(CO)C(O)C(O)C3O)C(O)C2O)C(O)C1O)C(O)CCCCCCCCCCCCC. The quantitative estimate of drug-likeness (QED) is 0.0314. The summed E-state index contributed by atoms with van der Waals surface area (Å²) in [7, 11) is 0. The van der Waals surface area contributed by atoms with Crippen LogP contribution in [-0.4, -0.2) is 193 Å². The van der Waals surface area contributed by atoms with Crippen molar-refractivity contribution in [3.8, 4) is 0 Å². The number of allylic oxidation sites excluding steroid dienone is 4. The van der Waals surface area contributed by atoms with E-state index in [1.165, 1.54) is 57.8 Å². The van der Waals surface area contributed by atoms with Crippen LogP contribution in [0.5, 0.6) is 0 Å². The van der Waals surface area contributed by atoms with Gasteiger partial charge in [0.05, 0.1) is 38.6 Å². The maximum atomic E-state index is 13.2. The number of hydrogen-bond acceptors (Lipinski definition) is 18. The number of aliphatic hydroxyl groups excluding tert-OH is 11. The molecule has 0 aliphatic carbocycles. The molecule has 17 unspecified atom stereocenters. The van der Waals surface area contributed by atoms with Crippen LogP contribution in [0.3, 0.4) is 0 Å². The largest absolute Gasteiger partial charge is 0.394 e. The summed E-state index contributed by atoms with van der Waals surface area (Å²) in [6.07, 6.45) is 5.69. The Morgan fingerprint density at radius 2 is 0.957 bits per heavy atom. The van der Waals surface area contributed by atoms with Gasteiger partial charge < -0.3 is 89.9 Å². The monoisotopic (exact) mass is 1010 g/mol. The lowest BCUT2D eigenvalue weighted by molar-refractivity contribution is -0.379. The van der Waals surface area contributed by atoms with E-state index in [2.05, 4.69) is 43.5 Å². The van der Waals surface area contributed by atoms with Gasteiger partial charge in [0, 0.05) is 6.42 Å². The number of nitrogens with one attached hydrogen (secondary N) is 1. The van der Waals surface area contributed by atoms with Crippen LogP contribution in [0, 0.1) is 0 Å². The molecule has 3 saturated heterocycles. The van der Waals surface area contributed by atoms with Gasteiger partial charge in [-0.2, -0.15) is 0 Å². The lowest BCUT2D eigenvalue weighted by Crippen LogP contribution is -2.66. The molecule has 0 saturated carbocycles. The molecule has 0 aromatic rings. The van der Waals surface area contributed by atoms with Gasteiger partial charge in [0.2, 0.25) is 5.91 Å². The van der Waals surface area contributed by atoms with Crippen LogP contribution >= 0.6 is 0 Å². The molecule has 1 amide bonds. The molecule has 0 aromatic heterocycles. The van der Waals surface area contributed by atoms with E-state index in [0.717, 1.165) is 70.6 Å². The standard InChI is InChI=1S/C51H93NO18/c1-3-5-7-9-11-13-15-16-17-19-21-23-25-27-29-39(57)52-34(35(56)28-26-24-22-20-18-14-12-10-8-6-4-2)33-65-49-45(63)42(60)47(37(31-54)67-49)70-51-46(64)43(61)48(38(32-55)68-51)69-50-44(62)41(59)40(58)36(30-53)66-50/h9,11,15-16,34-38,40-51,53-56,58-64H,3-8,10,12-14,17-33H2,1-2H3,(H,52,57)/b11-9-,16-15-. The minimum absolute atomic E-state index is 0.250. The van der Waals surface area contributed by atoms with Crippen LogP contribution in [0.1, 0.15) is 162 Å². The lowest BCUT2D eigenvalue weighted by Gasteiger charge is -2.48. The molecule has 3 heterocycles. The number of carbonyl (C=O) groups is 1. The molecule has 410 valence electrons. The summed E-state index contributed by atoms with van der Waals surface area (Å²) < 4.78 is 34.2. The number of unbranched alkanes of at least 4 members (excludes halogenated alkanes) is 17. The highest BCUT2D eigenvalue weighted by atomic mass is 16.8. The summed E-state index contributed by atoms with van der Waals surface area (Å²) in [5.74, 6) is -0.261. The van der Waals surface area contributed by atoms with Crippen LogP contribution < -0.4 is 5.32 Å². The zero-order chi connectivity index (χ0) is 51.3. The van der Waals surface area contributed by atoms with Crippen molar-refractivity contribution in [1.29, 1.82) is 0 Å². The summed E-state index contributed by atoms with van der Waals surface area (Å²) in [5.41, 5.74) is 0. The van der Waals surface area contributed by atoms with Gasteiger partial charge in [0.15, 0.2) is 18.9 Å². The summed E-state index contributed by atoms with van der Waals surface area (Å²) in [6, 6.07) is -0.890. The average molecular weight is 1010 g/mol. The highest BCUT2D eigenvalue weighted by Gasteiger charge is 2.53. The van der Waals surface area contributed by atoms with Gasteiger partial charge in [-0.15, -0.1) is 0 Å². The fourth-order valence-electron chi connectivity index (χ4n) is 9.03. The summed E-state index contributed by atoms with van der Waals surface area (Å²) in [6.45, 7) is 1.69. The number of carbonyl (C=O) groups excluding carboxylic acids is 1. The average Bonchev–Trinajstić information content (AvgIpc) is 3.35. The molecular formula is C51H93NO18. The summed E-state index contributed by atoms with van der Waals surface area (Å²) in [5, 5.41) is 120. The molecule has 3 aliphatic rings. The Labute approximate surface area is 416 Å². The maximum absolute atomic E-state index is 13.2. The van der Waals surface area contributed by atoms with Crippen molar-refractivity contribution in [3.05, 3.63) is 24.3 Å². The van der Waals surface area contributed by atoms with Gasteiger partial charge in [0.1, 0.15) is 73.2 Å². The van der Waals surface area contributed by atoms with E-state index in [1.54, 1.807) is 0 Å². The van der Waals surface area contributed by atoms with Crippen molar-refractivity contribution in [2.45, 2.75) is 266 Å². The van der Waals surface area contributed by atoms with Crippen LogP contribution in [0.15, 0.2) is 24.3 Å². The highest BCUT2D eigenvalue weighted by Crippen LogP contribution is 2.33. The fraction of sp³-hybridized carbons (Fsp3) is 0.902. The second-order valence-electron chi connectivity index (χ2n) is 19.3. The Hall–Kier alpha value is -1.73. The topological polar surface area (TPSA) is 307 Å². The third-order valence-corrected chi connectivity index (χ3v) is 13.5. The van der Waals surface area contributed by atoms with Crippen molar-refractivity contribution in [2.75, 3.05) is 26.4 Å². The van der Waals surface area contributed by atoms with Crippen molar-refractivity contribution in [2.24, 2.45) is 0 Å². The van der Waals surface area contributed by atoms with Crippen LogP contribution in [0.25, 0.3) is 0 Å². The Kier molecular flexibility index (Phi) is 32.4. The van der Waals surface area contributed by atoms with E-state index in [0.29, 0.717) is 12.8 Å². The number of amides is 1. The third-order valence-electron chi connectivity index (χ3n) is 13.5. The van der Waals surface area contributed by atoms with E-state index < -0.39 is 124 Å². The van der Waals surface area contributed by atoms with Crippen molar-refractivity contribution in [3.63, 3.8) is 0 Å². The normalized spacial score (nSPS) is 32.7. The van der Waals surface area contributed by atoms with Crippen LogP contribution in [0.4, 0.5) is 0 Å². The number of ether oxygens (including phenoxy) is 6. The number of aliphatic hydroxyl groups is 11. The molecule has 0 bridgehead atoms. The van der Waals surface area contributed by atoms with E-state index in [4.69, 9.17) is 28.4 Å². The number of hydrogen-bond donors (Lipinski definition) is 12. The summed E-state index contributed by atoms with van der Waals surface area (Å²) >= 11 is 0. The Morgan fingerprint density at radius 1 is 0.514 bits per heavy atom.